The molecule has 2 aromatic heterocycles. The molecule has 1 amide bonds. The number of aryl methyl sites for hydroxylation is 1. The second-order valence-corrected chi connectivity index (χ2v) is 4.99. The normalized spacial score (nSPS) is 10.3. The lowest BCUT2D eigenvalue weighted by atomic mass is 10.3. The third kappa shape index (κ3) is 3.67. The first-order valence-corrected chi connectivity index (χ1v) is 7.32. The van der Waals surface area contributed by atoms with Crippen molar-refractivity contribution in [2.24, 2.45) is 0 Å². The smallest absolute Gasteiger partial charge is 0.275 e. The number of anilines is 1. The summed E-state index contributed by atoms with van der Waals surface area (Å²) in [5.74, 6) is 1.01. The molecular formula is C13H14N4O2S. The summed E-state index contributed by atoms with van der Waals surface area (Å²) in [7, 11) is 0. The van der Waals surface area contributed by atoms with E-state index in [1.165, 1.54) is 17.8 Å². The molecule has 0 aliphatic carbocycles. The molecule has 104 valence electrons. The lowest BCUT2D eigenvalue weighted by Crippen LogP contribution is -2.20. The van der Waals surface area contributed by atoms with Crippen molar-refractivity contribution in [3.05, 3.63) is 51.8 Å². The molecule has 0 fully saturated rings. The van der Waals surface area contributed by atoms with Gasteiger partial charge < -0.3 is 10.3 Å². The summed E-state index contributed by atoms with van der Waals surface area (Å²) in [5, 5.41) is 2.62. The van der Waals surface area contributed by atoms with E-state index in [1.807, 2.05) is 19.2 Å². The van der Waals surface area contributed by atoms with Gasteiger partial charge in [-0.15, -0.1) is 0 Å². The van der Waals surface area contributed by atoms with E-state index in [4.69, 9.17) is 0 Å². The molecule has 2 N–H and O–H groups in total. The number of carbonyl (C=O) groups excluding carboxylic acids is 1. The molecule has 0 aromatic carbocycles. The second-order valence-electron chi connectivity index (χ2n) is 4.13. The van der Waals surface area contributed by atoms with E-state index in [0.29, 0.717) is 17.4 Å². The molecule has 0 bridgehead atoms. The van der Waals surface area contributed by atoms with Gasteiger partial charge in [0.25, 0.3) is 11.5 Å². The molecule has 0 saturated heterocycles. The van der Waals surface area contributed by atoms with Gasteiger partial charge in [-0.1, -0.05) is 6.07 Å². The number of nitrogens with zero attached hydrogens (tertiary/aromatic N) is 2. The summed E-state index contributed by atoms with van der Waals surface area (Å²) in [6.45, 7) is 1.83. The number of nitrogens with one attached hydrogen (secondary N) is 2. The molecule has 0 spiro atoms. The largest absolute Gasteiger partial charge is 0.310 e. The Morgan fingerprint density at radius 1 is 1.40 bits per heavy atom. The number of thioether (sulfide) groups is 1. The monoisotopic (exact) mass is 290 g/mol. The highest BCUT2D eigenvalue weighted by molar-refractivity contribution is 7.97. The van der Waals surface area contributed by atoms with E-state index in [9.17, 15) is 9.59 Å². The zero-order chi connectivity index (χ0) is 14.5. The molecule has 0 aliphatic rings. The number of aromatic amines is 1. The Labute approximate surface area is 120 Å². The predicted octanol–water partition coefficient (Wildman–Crippen LogP) is 1.59. The highest BCUT2D eigenvalue weighted by Gasteiger charge is 2.11. The van der Waals surface area contributed by atoms with Gasteiger partial charge in [-0.3, -0.25) is 9.59 Å². The average Bonchev–Trinajstić information content (AvgIpc) is 2.38. The Morgan fingerprint density at radius 2 is 2.20 bits per heavy atom. The Balaban J connectivity index is 2.22. The quantitative estimate of drug-likeness (QED) is 0.892. The number of amides is 1. The fourth-order valence-electron chi connectivity index (χ4n) is 1.62. The summed E-state index contributed by atoms with van der Waals surface area (Å²) in [6, 6.07) is 6.48. The first kappa shape index (κ1) is 14.3. The number of pyridine rings is 1. The van der Waals surface area contributed by atoms with Gasteiger partial charge in [0.1, 0.15) is 17.3 Å². The van der Waals surface area contributed by atoms with Gasteiger partial charge in [0.15, 0.2) is 0 Å². The third-order valence-corrected chi connectivity index (χ3v) is 3.00. The van der Waals surface area contributed by atoms with Crippen molar-refractivity contribution in [1.29, 1.82) is 0 Å². The van der Waals surface area contributed by atoms with Crippen LogP contribution in [0.4, 0.5) is 5.82 Å². The summed E-state index contributed by atoms with van der Waals surface area (Å²) >= 11 is 1.51. The zero-order valence-electron chi connectivity index (χ0n) is 11.1. The Hall–Kier alpha value is -2.15. The first-order chi connectivity index (χ1) is 9.58. The molecule has 2 aromatic rings. The van der Waals surface area contributed by atoms with Crippen molar-refractivity contribution in [3.8, 4) is 0 Å². The SMILES string of the molecule is CSCc1nc(C(=O)Nc2cccc(C)n2)cc(=O)[nH]1. The van der Waals surface area contributed by atoms with Crippen molar-refractivity contribution < 1.29 is 4.79 Å². The van der Waals surface area contributed by atoms with E-state index in [0.717, 1.165) is 5.69 Å². The molecule has 0 saturated carbocycles. The zero-order valence-corrected chi connectivity index (χ0v) is 12.0. The third-order valence-electron chi connectivity index (χ3n) is 2.43. The van der Waals surface area contributed by atoms with Gasteiger partial charge >= 0.3 is 0 Å². The first-order valence-electron chi connectivity index (χ1n) is 5.92. The van der Waals surface area contributed by atoms with Gasteiger partial charge in [0, 0.05) is 11.8 Å². The van der Waals surface area contributed by atoms with Crippen LogP contribution in [0.25, 0.3) is 0 Å². The van der Waals surface area contributed by atoms with Crippen LogP contribution in [-0.4, -0.2) is 27.1 Å². The topological polar surface area (TPSA) is 87.7 Å². The number of carbonyl (C=O) groups is 1. The van der Waals surface area contributed by atoms with Crippen LogP contribution in [0.3, 0.4) is 0 Å². The van der Waals surface area contributed by atoms with Gasteiger partial charge in [-0.05, 0) is 25.3 Å². The fraction of sp³-hybridized carbons (Fsp3) is 0.231. The van der Waals surface area contributed by atoms with Gasteiger partial charge in [-0.25, -0.2) is 9.97 Å². The molecule has 7 heteroatoms. The van der Waals surface area contributed by atoms with E-state index in [1.54, 1.807) is 12.1 Å². The van der Waals surface area contributed by atoms with Crippen LogP contribution < -0.4 is 10.9 Å². The number of hydrogen-bond donors (Lipinski definition) is 2. The van der Waals surface area contributed by atoms with E-state index >= 15 is 0 Å². The maximum Gasteiger partial charge on any atom is 0.275 e. The van der Waals surface area contributed by atoms with Crippen LogP contribution in [0.5, 0.6) is 0 Å². The predicted molar refractivity (Wildman–Crippen MR) is 79.0 cm³/mol. The molecule has 20 heavy (non-hydrogen) atoms. The maximum atomic E-state index is 12.1. The second kappa shape index (κ2) is 6.33. The van der Waals surface area contributed by atoms with Crippen LogP contribution in [0.15, 0.2) is 29.1 Å². The van der Waals surface area contributed by atoms with Crippen LogP contribution in [0.1, 0.15) is 22.0 Å². The van der Waals surface area contributed by atoms with Gasteiger partial charge in [-0.2, -0.15) is 11.8 Å². The molecule has 0 atom stereocenters. The van der Waals surface area contributed by atoms with E-state index in [-0.39, 0.29) is 11.3 Å². The number of hydrogen-bond acceptors (Lipinski definition) is 5. The number of aromatic nitrogens is 3. The van der Waals surface area contributed by atoms with Gasteiger partial charge in [0.05, 0.1) is 5.75 Å². The molecule has 2 rings (SSSR count). The number of rotatable bonds is 4. The molecule has 0 unspecified atom stereocenters. The van der Waals surface area contributed by atoms with Crippen molar-refractivity contribution >= 4 is 23.5 Å². The Morgan fingerprint density at radius 3 is 2.90 bits per heavy atom. The fourth-order valence-corrected chi connectivity index (χ4v) is 2.03. The highest BCUT2D eigenvalue weighted by atomic mass is 32.2. The maximum absolute atomic E-state index is 12.1. The van der Waals surface area contributed by atoms with Crippen LogP contribution in [-0.2, 0) is 5.75 Å². The highest BCUT2D eigenvalue weighted by Crippen LogP contribution is 2.07. The average molecular weight is 290 g/mol. The van der Waals surface area contributed by atoms with Crippen LogP contribution >= 0.6 is 11.8 Å². The Bertz CT molecular complexity index is 684. The molecule has 2 heterocycles. The minimum Gasteiger partial charge on any atom is -0.310 e. The van der Waals surface area contributed by atoms with Crippen LogP contribution in [0, 0.1) is 6.92 Å². The standard InChI is InChI=1S/C13H14N4O2S/c1-8-4-3-5-10(14-8)17-13(19)9-6-12(18)16-11(15-9)7-20-2/h3-6H,7H2,1-2H3,(H,14,17,19)(H,15,16,18). The summed E-state index contributed by atoms with van der Waals surface area (Å²) in [6.07, 6.45) is 1.89. The van der Waals surface area contributed by atoms with E-state index in [2.05, 4.69) is 20.3 Å². The summed E-state index contributed by atoms with van der Waals surface area (Å²) in [4.78, 5) is 34.4. The van der Waals surface area contributed by atoms with Gasteiger partial charge in [0.2, 0.25) is 0 Å². The summed E-state index contributed by atoms with van der Waals surface area (Å²) in [5.41, 5.74) is 0.539. The minimum absolute atomic E-state index is 0.0844. The number of H-pyrrole nitrogens is 1. The lowest BCUT2D eigenvalue weighted by molar-refractivity contribution is 0.102. The Kier molecular flexibility index (Phi) is 4.52. The van der Waals surface area contributed by atoms with E-state index < -0.39 is 5.91 Å². The minimum atomic E-state index is -0.448. The molecule has 6 nitrogen and oxygen atoms in total. The van der Waals surface area contributed by atoms with Crippen LogP contribution in [0.2, 0.25) is 0 Å². The van der Waals surface area contributed by atoms with Crippen molar-refractivity contribution in [1.82, 2.24) is 15.0 Å². The van der Waals surface area contributed by atoms with Crippen molar-refractivity contribution in [2.75, 3.05) is 11.6 Å². The molecular weight excluding hydrogens is 276 g/mol. The molecule has 0 radical (unpaired) electrons. The van der Waals surface area contributed by atoms with Crippen molar-refractivity contribution in [2.45, 2.75) is 12.7 Å². The van der Waals surface area contributed by atoms with Crippen molar-refractivity contribution in [3.63, 3.8) is 0 Å². The molecule has 0 aliphatic heterocycles. The summed E-state index contributed by atoms with van der Waals surface area (Å²) < 4.78 is 0. The lowest BCUT2D eigenvalue weighted by Gasteiger charge is -2.05.